The van der Waals surface area contributed by atoms with Crippen LogP contribution in [0.5, 0.6) is 0 Å². The van der Waals surface area contributed by atoms with Crippen LogP contribution in [-0.2, 0) is 4.79 Å². The van der Waals surface area contributed by atoms with E-state index in [1.807, 2.05) is 18.2 Å². The zero-order chi connectivity index (χ0) is 8.69. The smallest absolute Gasteiger partial charge is 0.214 e. The summed E-state index contributed by atoms with van der Waals surface area (Å²) in [6, 6.07) is 10.3. The van der Waals surface area contributed by atoms with Crippen LogP contribution in [0.15, 0.2) is 30.3 Å². The van der Waals surface area contributed by atoms with Crippen molar-refractivity contribution in [2.75, 3.05) is 0 Å². The zero-order valence-electron chi connectivity index (χ0n) is 7.28. The van der Waals surface area contributed by atoms with Crippen molar-refractivity contribution in [2.24, 2.45) is 5.73 Å². The van der Waals surface area contributed by atoms with Crippen LogP contribution in [0.2, 0.25) is 0 Å². The number of hydrogen-bond donors (Lipinski definition) is 1. The number of halogens is 1. The number of carbonyl (C=O) groups is 1. The van der Waals surface area contributed by atoms with Gasteiger partial charge in [0.05, 0.1) is 0 Å². The first-order valence-electron chi connectivity index (χ1n) is 3.40. The maximum atomic E-state index is 9.22. The molecule has 0 fully saturated rings. The molecule has 0 saturated heterocycles. The summed E-state index contributed by atoms with van der Waals surface area (Å²) in [7, 11) is 0. The summed E-state index contributed by atoms with van der Waals surface area (Å²) in [6.45, 7) is 3.39. The quantitative estimate of drug-likeness (QED) is 0.663. The summed E-state index contributed by atoms with van der Waals surface area (Å²) < 4.78 is 0. The third-order valence-corrected chi connectivity index (χ3v) is 0.940. The molecule has 0 spiro atoms. The first-order chi connectivity index (χ1) is 5.13. The van der Waals surface area contributed by atoms with Gasteiger partial charge < -0.3 is 5.73 Å². The molecule has 0 unspecified atom stereocenters. The second-order valence-electron chi connectivity index (χ2n) is 2.27. The second kappa shape index (κ2) is 8.08. The molecule has 0 aliphatic carbocycles. The standard InChI is InChI=1S/C7H8.C2H5NO.ClH/c1-7-5-3-2-4-6-7;1-2(3)4;/h2-6H,1H3;1H3,(H2,3,4);1H. The molecule has 0 heterocycles. The molecule has 0 aromatic heterocycles. The highest BCUT2D eigenvalue weighted by molar-refractivity contribution is 5.85. The van der Waals surface area contributed by atoms with Gasteiger partial charge in [-0.2, -0.15) is 0 Å². The molecule has 1 aromatic rings. The van der Waals surface area contributed by atoms with Gasteiger partial charge in [0.25, 0.3) is 0 Å². The SMILES string of the molecule is CC(N)=O.Cc1ccccc1.Cl. The van der Waals surface area contributed by atoms with E-state index in [1.165, 1.54) is 12.5 Å². The summed E-state index contributed by atoms with van der Waals surface area (Å²) in [5, 5.41) is 0. The third kappa shape index (κ3) is 11.7. The molecule has 0 saturated carbocycles. The predicted octanol–water partition coefficient (Wildman–Crippen LogP) is 1.91. The second-order valence-corrected chi connectivity index (χ2v) is 2.27. The minimum absolute atomic E-state index is 0. The Balaban J connectivity index is 0. The zero-order valence-corrected chi connectivity index (χ0v) is 8.10. The van der Waals surface area contributed by atoms with E-state index in [1.54, 1.807) is 0 Å². The number of benzene rings is 1. The Hall–Kier alpha value is -1.02. The fourth-order valence-electron chi connectivity index (χ4n) is 0.534. The number of nitrogens with two attached hydrogens (primary N) is 1. The Morgan fingerprint density at radius 1 is 1.25 bits per heavy atom. The van der Waals surface area contributed by atoms with Gasteiger partial charge in [-0.3, -0.25) is 4.79 Å². The van der Waals surface area contributed by atoms with E-state index in [-0.39, 0.29) is 18.3 Å². The normalized spacial score (nSPS) is 7.17. The molecule has 1 amide bonds. The third-order valence-electron chi connectivity index (χ3n) is 0.940. The molecule has 1 rings (SSSR count). The van der Waals surface area contributed by atoms with Crippen LogP contribution in [0.4, 0.5) is 0 Å². The molecular weight excluding hydrogens is 174 g/mol. The fraction of sp³-hybridized carbons (Fsp3) is 0.222. The van der Waals surface area contributed by atoms with E-state index >= 15 is 0 Å². The lowest BCUT2D eigenvalue weighted by atomic mass is 10.2. The number of amides is 1. The molecule has 0 aliphatic rings. The average molecular weight is 188 g/mol. The topological polar surface area (TPSA) is 43.1 Å². The molecule has 0 radical (unpaired) electrons. The van der Waals surface area contributed by atoms with Crippen molar-refractivity contribution in [2.45, 2.75) is 13.8 Å². The van der Waals surface area contributed by atoms with Gasteiger partial charge in [0.2, 0.25) is 5.91 Å². The van der Waals surface area contributed by atoms with Gasteiger partial charge >= 0.3 is 0 Å². The minimum atomic E-state index is -0.333. The van der Waals surface area contributed by atoms with E-state index in [0.717, 1.165) is 0 Å². The first-order valence-corrected chi connectivity index (χ1v) is 3.40. The molecule has 12 heavy (non-hydrogen) atoms. The van der Waals surface area contributed by atoms with Gasteiger partial charge in [-0.05, 0) is 6.92 Å². The Morgan fingerprint density at radius 3 is 1.75 bits per heavy atom. The highest BCUT2D eigenvalue weighted by Gasteiger charge is 1.72. The molecule has 2 N–H and O–H groups in total. The molecule has 2 nitrogen and oxygen atoms in total. The molecule has 0 aliphatic heterocycles. The molecular formula is C9H14ClNO. The van der Waals surface area contributed by atoms with E-state index in [2.05, 4.69) is 24.8 Å². The molecule has 0 atom stereocenters. The van der Waals surface area contributed by atoms with Gasteiger partial charge in [0.1, 0.15) is 0 Å². The summed E-state index contributed by atoms with van der Waals surface area (Å²) in [5.74, 6) is -0.333. The highest BCUT2D eigenvalue weighted by Crippen LogP contribution is 1.92. The lowest BCUT2D eigenvalue weighted by molar-refractivity contribution is -0.115. The van der Waals surface area contributed by atoms with Crippen molar-refractivity contribution in [1.29, 1.82) is 0 Å². The summed E-state index contributed by atoms with van der Waals surface area (Å²) in [6.07, 6.45) is 0. The van der Waals surface area contributed by atoms with Crippen molar-refractivity contribution < 1.29 is 4.79 Å². The van der Waals surface area contributed by atoms with Crippen LogP contribution in [-0.4, -0.2) is 5.91 Å². The van der Waals surface area contributed by atoms with E-state index < -0.39 is 0 Å². The van der Waals surface area contributed by atoms with E-state index in [9.17, 15) is 4.79 Å². The van der Waals surface area contributed by atoms with Crippen molar-refractivity contribution in [3.63, 3.8) is 0 Å². The number of primary amides is 1. The van der Waals surface area contributed by atoms with Gasteiger partial charge in [-0.1, -0.05) is 35.9 Å². The molecule has 1 aromatic carbocycles. The van der Waals surface area contributed by atoms with Crippen LogP contribution in [0.1, 0.15) is 12.5 Å². The summed E-state index contributed by atoms with van der Waals surface area (Å²) >= 11 is 0. The minimum Gasteiger partial charge on any atom is -0.370 e. The number of aryl methyl sites for hydroxylation is 1. The van der Waals surface area contributed by atoms with Gasteiger partial charge in [0, 0.05) is 6.92 Å². The van der Waals surface area contributed by atoms with Crippen molar-refractivity contribution in [1.82, 2.24) is 0 Å². The summed E-state index contributed by atoms with van der Waals surface area (Å²) in [5.41, 5.74) is 5.79. The molecule has 0 bridgehead atoms. The first kappa shape index (κ1) is 13.6. The number of carbonyl (C=O) groups excluding carboxylic acids is 1. The van der Waals surface area contributed by atoms with Crippen LogP contribution in [0.25, 0.3) is 0 Å². The maximum absolute atomic E-state index is 9.22. The van der Waals surface area contributed by atoms with Gasteiger partial charge in [-0.15, -0.1) is 12.4 Å². The number of hydrogen-bond acceptors (Lipinski definition) is 1. The van der Waals surface area contributed by atoms with Crippen LogP contribution >= 0.6 is 12.4 Å². The lowest BCUT2D eigenvalue weighted by Crippen LogP contribution is -2.01. The van der Waals surface area contributed by atoms with Crippen molar-refractivity contribution in [3.05, 3.63) is 35.9 Å². The predicted molar refractivity (Wildman–Crippen MR) is 53.3 cm³/mol. The van der Waals surface area contributed by atoms with Crippen LogP contribution in [0.3, 0.4) is 0 Å². The van der Waals surface area contributed by atoms with E-state index in [0.29, 0.717) is 0 Å². The van der Waals surface area contributed by atoms with Crippen LogP contribution < -0.4 is 5.73 Å². The Labute approximate surface area is 79.2 Å². The number of rotatable bonds is 0. The van der Waals surface area contributed by atoms with Crippen molar-refractivity contribution >= 4 is 18.3 Å². The molecule has 3 heteroatoms. The summed E-state index contributed by atoms with van der Waals surface area (Å²) in [4.78, 5) is 9.22. The fourth-order valence-corrected chi connectivity index (χ4v) is 0.534. The Morgan fingerprint density at radius 2 is 1.58 bits per heavy atom. The maximum Gasteiger partial charge on any atom is 0.214 e. The largest absolute Gasteiger partial charge is 0.370 e. The van der Waals surface area contributed by atoms with E-state index in [4.69, 9.17) is 0 Å². The highest BCUT2D eigenvalue weighted by atomic mass is 35.5. The Kier molecular flexibility index (Phi) is 9.13. The molecule has 68 valence electrons. The van der Waals surface area contributed by atoms with Crippen LogP contribution in [0, 0.1) is 6.92 Å². The van der Waals surface area contributed by atoms with Gasteiger partial charge in [0.15, 0.2) is 0 Å². The van der Waals surface area contributed by atoms with Gasteiger partial charge in [-0.25, -0.2) is 0 Å². The Bertz CT molecular complexity index is 207. The monoisotopic (exact) mass is 187 g/mol. The lowest BCUT2D eigenvalue weighted by Gasteiger charge is -1.82. The average Bonchev–Trinajstić information content (AvgIpc) is 1.87. The van der Waals surface area contributed by atoms with Crippen molar-refractivity contribution in [3.8, 4) is 0 Å².